The SMILES string of the molecule is CN(C)c1ccccc1CC1CCCCC1(O)c1ccccc1. The predicted molar refractivity (Wildman–Crippen MR) is 96.8 cm³/mol. The van der Waals surface area contributed by atoms with E-state index in [9.17, 15) is 5.11 Å². The second-order valence-corrected chi connectivity index (χ2v) is 6.96. The van der Waals surface area contributed by atoms with Crippen LogP contribution < -0.4 is 4.90 Å². The molecule has 1 N–H and O–H groups in total. The molecule has 0 spiro atoms. The lowest BCUT2D eigenvalue weighted by atomic mass is 9.69. The zero-order valence-electron chi connectivity index (χ0n) is 14.2. The molecule has 1 saturated carbocycles. The van der Waals surface area contributed by atoms with Crippen LogP contribution in [0.25, 0.3) is 0 Å². The molecule has 0 bridgehead atoms. The topological polar surface area (TPSA) is 23.5 Å². The minimum atomic E-state index is -0.696. The Morgan fingerprint density at radius 1 is 1.00 bits per heavy atom. The summed E-state index contributed by atoms with van der Waals surface area (Å²) in [6.45, 7) is 0. The van der Waals surface area contributed by atoms with E-state index in [4.69, 9.17) is 0 Å². The molecule has 0 saturated heterocycles. The molecular formula is C21H27NO. The molecule has 23 heavy (non-hydrogen) atoms. The molecule has 1 fully saturated rings. The highest BCUT2D eigenvalue weighted by atomic mass is 16.3. The number of hydrogen-bond donors (Lipinski definition) is 1. The van der Waals surface area contributed by atoms with Gasteiger partial charge in [0, 0.05) is 19.8 Å². The highest BCUT2D eigenvalue weighted by molar-refractivity contribution is 5.52. The van der Waals surface area contributed by atoms with Gasteiger partial charge in [-0.1, -0.05) is 61.4 Å². The highest BCUT2D eigenvalue weighted by Gasteiger charge is 2.40. The molecule has 3 rings (SSSR count). The van der Waals surface area contributed by atoms with Gasteiger partial charge in [0.05, 0.1) is 5.60 Å². The molecule has 0 aliphatic heterocycles. The van der Waals surface area contributed by atoms with Crippen LogP contribution in [0.3, 0.4) is 0 Å². The molecule has 2 atom stereocenters. The average Bonchev–Trinajstić information content (AvgIpc) is 2.58. The maximum atomic E-state index is 11.5. The zero-order valence-corrected chi connectivity index (χ0v) is 14.2. The molecule has 0 radical (unpaired) electrons. The first-order valence-electron chi connectivity index (χ1n) is 8.64. The van der Waals surface area contributed by atoms with Crippen molar-refractivity contribution in [1.29, 1.82) is 0 Å². The number of para-hydroxylation sites is 1. The van der Waals surface area contributed by atoms with E-state index in [-0.39, 0.29) is 5.92 Å². The molecule has 1 aliphatic rings. The molecule has 0 aromatic heterocycles. The quantitative estimate of drug-likeness (QED) is 0.906. The first-order valence-corrected chi connectivity index (χ1v) is 8.64. The standard InChI is InChI=1S/C21H27NO/c1-22(2)20-14-7-6-10-17(20)16-19-13-8-9-15-21(19,23)18-11-4-3-5-12-18/h3-7,10-12,14,19,23H,8-9,13,15-16H2,1-2H3. The van der Waals surface area contributed by atoms with Crippen LogP contribution in [0.5, 0.6) is 0 Å². The van der Waals surface area contributed by atoms with E-state index in [1.807, 2.05) is 18.2 Å². The van der Waals surface area contributed by atoms with Gasteiger partial charge in [0.25, 0.3) is 0 Å². The van der Waals surface area contributed by atoms with Crippen molar-refractivity contribution in [2.24, 2.45) is 5.92 Å². The van der Waals surface area contributed by atoms with E-state index in [1.165, 1.54) is 17.7 Å². The Morgan fingerprint density at radius 3 is 2.43 bits per heavy atom. The fourth-order valence-corrected chi connectivity index (χ4v) is 3.99. The first kappa shape index (κ1) is 16.1. The lowest BCUT2D eigenvalue weighted by molar-refractivity contribution is -0.0542. The minimum Gasteiger partial charge on any atom is -0.385 e. The molecule has 2 heteroatoms. The molecule has 0 amide bonds. The van der Waals surface area contributed by atoms with Crippen molar-refractivity contribution in [2.75, 3.05) is 19.0 Å². The van der Waals surface area contributed by atoms with E-state index in [2.05, 4.69) is 55.4 Å². The number of anilines is 1. The second kappa shape index (κ2) is 6.76. The number of nitrogens with zero attached hydrogens (tertiary/aromatic N) is 1. The largest absolute Gasteiger partial charge is 0.385 e. The summed E-state index contributed by atoms with van der Waals surface area (Å²) in [7, 11) is 4.17. The normalized spacial score (nSPS) is 24.4. The maximum absolute atomic E-state index is 11.5. The van der Waals surface area contributed by atoms with Gasteiger partial charge in [0.2, 0.25) is 0 Å². The summed E-state index contributed by atoms with van der Waals surface area (Å²) in [5, 5.41) is 11.5. The second-order valence-electron chi connectivity index (χ2n) is 6.96. The van der Waals surface area contributed by atoms with Crippen LogP contribution >= 0.6 is 0 Å². The van der Waals surface area contributed by atoms with Gasteiger partial charge >= 0.3 is 0 Å². The van der Waals surface area contributed by atoms with E-state index >= 15 is 0 Å². The first-order chi connectivity index (χ1) is 11.1. The van der Waals surface area contributed by atoms with Gasteiger partial charge in [0.15, 0.2) is 0 Å². The molecule has 1 aliphatic carbocycles. The van der Waals surface area contributed by atoms with Crippen molar-refractivity contribution >= 4 is 5.69 Å². The van der Waals surface area contributed by atoms with Gasteiger partial charge < -0.3 is 10.0 Å². The van der Waals surface area contributed by atoms with Crippen molar-refractivity contribution in [3.63, 3.8) is 0 Å². The minimum absolute atomic E-state index is 0.278. The monoisotopic (exact) mass is 309 g/mol. The Balaban J connectivity index is 1.91. The average molecular weight is 309 g/mol. The van der Waals surface area contributed by atoms with Gasteiger partial charge in [-0.15, -0.1) is 0 Å². The third-order valence-electron chi connectivity index (χ3n) is 5.25. The number of rotatable bonds is 4. The molecule has 2 nitrogen and oxygen atoms in total. The summed E-state index contributed by atoms with van der Waals surface area (Å²) < 4.78 is 0. The van der Waals surface area contributed by atoms with E-state index < -0.39 is 5.60 Å². The summed E-state index contributed by atoms with van der Waals surface area (Å²) >= 11 is 0. The van der Waals surface area contributed by atoms with Gasteiger partial charge in [0.1, 0.15) is 0 Å². The Morgan fingerprint density at radius 2 is 1.70 bits per heavy atom. The molecule has 2 aromatic rings. The van der Waals surface area contributed by atoms with Crippen LogP contribution in [0.1, 0.15) is 36.8 Å². The predicted octanol–water partition coefficient (Wildman–Crippen LogP) is 4.37. The van der Waals surface area contributed by atoms with Crippen molar-refractivity contribution in [3.8, 4) is 0 Å². The fraction of sp³-hybridized carbons (Fsp3) is 0.429. The summed E-state index contributed by atoms with van der Waals surface area (Å²) in [4.78, 5) is 2.17. The third kappa shape index (κ3) is 3.28. The van der Waals surface area contributed by atoms with Gasteiger partial charge in [-0.3, -0.25) is 0 Å². The summed E-state index contributed by atoms with van der Waals surface area (Å²) in [6, 6.07) is 18.8. The van der Waals surface area contributed by atoms with E-state index in [0.29, 0.717) is 0 Å². The van der Waals surface area contributed by atoms with Crippen LogP contribution in [-0.4, -0.2) is 19.2 Å². The van der Waals surface area contributed by atoms with Crippen LogP contribution in [0.4, 0.5) is 5.69 Å². The molecule has 2 unspecified atom stereocenters. The van der Waals surface area contributed by atoms with E-state index in [0.717, 1.165) is 31.2 Å². The summed E-state index contributed by atoms with van der Waals surface area (Å²) in [6.07, 6.45) is 5.21. The third-order valence-corrected chi connectivity index (χ3v) is 5.25. The van der Waals surface area contributed by atoms with Crippen molar-refractivity contribution in [3.05, 3.63) is 65.7 Å². The van der Waals surface area contributed by atoms with Crippen molar-refractivity contribution in [1.82, 2.24) is 0 Å². The Bertz CT molecular complexity index is 637. The van der Waals surface area contributed by atoms with Crippen molar-refractivity contribution < 1.29 is 5.11 Å². The Hall–Kier alpha value is -1.80. The molecule has 0 heterocycles. The maximum Gasteiger partial charge on any atom is 0.0927 e. The summed E-state index contributed by atoms with van der Waals surface area (Å²) in [5.41, 5.74) is 2.97. The van der Waals surface area contributed by atoms with Crippen LogP contribution in [0, 0.1) is 5.92 Å². The van der Waals surface area contributed by atoms with Gasteiger partial charge in [-0.05, 0) is 42.4 Å². The van der Waals surface area contributed by atoms with E-state index in [1.54, 1.807) is 0 Å². The molecule has 2 aromatic carbocycles. The number of benzene rings is 2. The van der Waals surface area contributed by atoms with Crippen molar-refractivity contribution in [2.45, 2.75) is 37.7 Å². The number of aliphatic hydroxyl groups is 1. The Labute approximate surface area is 139 Å². The van der Waals surface area contributed by atoms with Crippen LogP contribution in [0.15, 0.2) is 54.6 Å². The smallest absolute Gasteiger partial charge is 0.0927 e. The van der Waals surface area contributed by atoms with Crippen LogP contribution in [0.2, 0.25) is 0 Å². The Kier molecular flexibility index (Phi) is 4.72. The number of hydrogen-bond acceptors (Lipinski definition) is 2. The van der Waals surface area contributed by atoms with Gasteiger partial charge in [-0.25, -0.2) is 0 Å². The van der Waals surface area contributed by atoms with Gasteiger partial charge in [-0.2, -0.15) is 0 Å². The lowest BCUT2D eigenvalue weighted by Crippen LogP contribution is -2.39. The highest BCUT2D eigenvalue weighted by Crippen LogP contribution is 2.44. The zero-order chi connectivity index (χ0) is 16.3. The lowest BCUT2D eigenvalue weighted by Gasteiger charge is -2.41. The molecule has 122 valence electrons. The fourth-order valence-electron chi connectivity index (χ4n) is 3.99. The molecular weight excluding hydrogens is 282 g/mol. The van der Waals surface area contributed by atoms with Crippen LogP contribution in [-0.2, 0) is 12.0 Å². The summed E-state index contributed by atoms with van der Waals surface area (Å²) in [5.74, 6) is 0.278.